The van der Waals surface area contributed by atoms with Crippen molar-refractivity contribution in [1.82, 2.24) is 10.6 Å². The Hall–Kier alpha value is -1.88. The van der Waals surface area contributed by atoms with Crippen LogP contribution >= 0.6 is 0 Å². The Morgan fingerprint density at radius 3 is 2.60 bits per heavy atom. The highest BCUT2D eigenvalue weighted by molar-refractivity contribution is 5.96. The van der Waals surface area contributed by atoms with Crippen LogP contribution in [0.5, 0.6) is 0 Å². The van der Waals surface area contributed by atoms with Gasteiger partial charge in [-0.1, -0.05) is 18.2 Å². The van der Waals surface area contributed by atoms with Gasteiger partial charge in [0, 0.05) is 12.2 Å². The molecular weight excluding hydrogens is 254 g/mol. The molecule has 0 radical (unpaired) electrons. The molecule has 0 aliphatic carbocycles. The molecule has 2 amide bonds. The van der Waals surface area contributed by atoms with Crippen LogP contribution in [-0.2, 0) is 9.59 Å². The highest BCUT2D eigenvalue weighted by atomic mass is 16.2. The lowest BCUT2D eigenvalue weighted by Gasteiger charge is -2.13. The van der Waals surface area contributed by atoms with Crippen molar-refractivity contribution in [2.45, 2.75) is 20.3 Å². The van der Waals surface area contributed by atoms with Gasteiger partial charge in [0.1, 0.15) is 0 Å². The summed E-state index contributed by atoms with van der Waals surface area (Å²) in [6.07, 6.45) is 0.838. The lowest BCUT2D eigenvalue weighted by atomic mass is 10.1. The van der Waals surface area contributed by atoms with Gasteiger partial charge in [0.25, 0.3) is 0 Å². The second-order valence-electron chi connectivity index (χ2n) is 5.22. The number of para-hydroxylation sites is 1. The summed E-state index contributed by atoms with van der Waals surface area (Å²) in [4.78, 5) is 23.7. The molecule has 1 heterocycles. The minimum atomic E-state index is -0.193. The minimum Gasteiger partial charge on any atom is -0.347 e. The van der Waals surface area contributed by atoms with E-state index in [-0.39, 0.29) is 24.3 Å². The van der Waals surface area contributed by atoms with Crippen molar-refractivity contribution >= 4 is 17.5 Å². The van der Waals surface area contributed by atoms with E-state index in [1.54, 1.807) is 0 Å². The zero-order chi connectivity index (χ0) is 14.5. The van der Waals surface area contributed by atoms with E-state index >= 15 is 0 Å². The molecule has 2 rings (SSSR count). The largest absolute Gasteiger partial charge is 0.347 e. The SMILES string of the molecule is Cc1cccc(C)c1NC(=O)CNC(=O)C1CCNC1. The van der Waals surface area contributed by atoms with Crippen molar-refractivity contribution in [3.8, 4) is 0 Å². The van der Waals surface area contributed by atoms with E-state index in [1.165, 1.54) is 0 Å². The molecule has 1 aromatic carbocycles. The van der Waals surface area contributed by atoms with Gasteiger partial charge in [0.05, 0.1) is 12.5 Å². The fraction of sp³-hybridized carbons (Fsp3) is 0.467. The fourth-order valence-electron chi connectivity index (χ4n) is 2.39. The molecule has 0 spiro atoms. The average molecular weight is 275 g/mol. The number of benzene rings is 1. The van der Waals surface area contributed by atoms with Gasteiger partial charge < -0.3 is 16.0 Å². The van der Waals surface area contributed by atoms with Crippen molar-refractivity contribution in [3.05, 3.63) is 29.3 Å². The van der Waals surface area contributed by atoms with Crippen molar-refractivity contribution in [2.24, 2.45) is 5.92 Å². The van der Waals surface area contributed by atoms with Gasteiger partial charge in [-0.05, 0) is 37.9 Å². The topological polar surface area (TPSA) is 70.2 Å². The average Bonchev–Trinajstić information content (AvgIpc) is 2.94. The molecule has 1 saturated heterocycles. The zero-order valence-corrected chi connectivity index (χ0v) is 12.0. The van der Waals surface area contributed by atoms with Gasteiger partial charge in [-0.15, -0.1) is 0 Å². The van der Waals surface area contributed by atoms with E-state index < -0.39 is 0 Å². The maximum absolute atomic E-state index is 11.9. The first kappa shape index (κ1) is 14.5. The molecule has 1 unspecified atom stereocenters. The molecular formula is C15H21N3O2. The summed E-state index contributed by atoms with van der Waals surface area (Å²) in [6.45, 7) is 5.48. The second-order valence-corrected chi connectivity index (χ2v) is 5.22. The van der Waals surface area contributed by atoms with Crippen molar-refractivity contribution in [1.29, 1.82) is 0 Å². The van der Waals surface area contributed by atoms with Gasteiger partial charge in [0.2, 0.25) is 11.8 Å². The van der Waals surface area contributed by atoms with E-state index in [9.17, 15) is 9.59 Å². The normalized spacial score (nSPS) is 17.8. The Balaban J connectivity index is 1.85. The Morgan fingerprint density at radius 1 is 1.30 bits per heavy atom. The summed E-state index contributed by atoms with van der Waals surface area (Å²) in [7, 11) is 0. The quantitative estimate of drug-likeness (QED) is 0.767. The van der Waals surface area contributed by atoms with Crippen LogP contribution in [-0.4, -0.2) is 31.4 Å². The first-order chi connectivity index (χ1) is 9.58. The lowest BCUT2D eigenvalue weighted by Crippen LogP contribution is -2.37. The Labute approximate surface area is 119 Å². The Morgan fingerprint density at radius 2 is 2.00 bits per heavy atom. The maximum atomic E-state index is 11.9. The predicted octanol–water partition coefficient (Wildman–Crippen LogP) is 0.968. The van der Waals surface area contributed by atoms with Crippen LogP contribution in [0.25, 0.3) is 0 Å². The van der Waals surface area contributed by atoms with Gasteiger partial charge in [-0.25, -0.2) is 0 Å². The van der Waals surface area contributed by atoms with Crippen molar-refractivity contribution < 1.29 is 9.59 Å². The summed E-state index contributed by atoms with van der Waals surface area (Å²) in [5.41, 5.74) is 2.86. The molecule has 1 fully saturated rings. The number of nitrogens with one attached hydrogen (secondary N) is 3. The molecule has 5 nitrogen and oxygen atoms in total. The van der Waals surface area contributed by atoms with Crippen LogP contribution in [0.3, 0.4) is 0 Å². The molecule has 1 aromatic rings. The fourth-order valence-corrected chi connectivity index (χ4v) is 2.39. The molecule has 1 atom stereocenters. The standard InChI is InChI=1S/C15H21N3O2/c1-10-4-3-5-11(2)14(10)18-13(19)9-17-15(20)12-6-7-16-8-12/h3-5,12,16H,6-9H2,1-2H3,(H,17,20)(H,18,19). The maximum Gasteiger partial charge on any atom is 0.243 e. The molecule has 1 aliphatic rings. The highest BCUT2D eigenvalue weighted by Gasteiger charge is 2.22. The number of amides is 2. The number of carbonyl (C=O) groups excluding carboxylic acids is 2. The number of hydrogen-bond donors (Lipinski definition) is 3. The van der Waals surface area contributed by atoms with Crippen LogP contribution in [0.2, 0.25) is 0 Å². The van der Waals surface area contributed by atoms with Crippen LogP contribution in [0, 0.1) is 19.8 Å². The van der Waals surface area contributed by atoms with Gasteiger partial charge >= 0.3 is 0 Å². The van der Waals surface area contributed by atoms with E-state index in [4.69, 9.17) is 0 Å². The smallest absolute Gasteiger partial charge is 0.243 e. The molecule has 0 bridgehead atoms. The van der Waals surface area contributed by atoms with E-state index in [2.05, 4.69) is 16.0 Å². The molecule has 20 heavy (non-hydrogen) atoms. The van der Waals surface area contributed by atoms with Gasteiger partial charge in [-0.2, -0.15) is 0 Å². The van der Waals surface area contributed by atoms with Gasteiger partial charge in [0.15, 0.2) is 0 Å². The number of anilines is 1. The molecule has 3 N–H and O–H groups in total. The number of rotatable bonds is 4. The lowest BCUT2D eigenvalue weighted by molar-refractivity contribution is -0.126. The minimum absolute atomic E-state index is 0.0111. The third-order valence-corrected chi connectivity index (χ3v) is 3.60. The summed E-state index contributed by atoms with van der Waals surface area (Å²) in [5.74, 6) is -0.253. The number of aryl methyl sites for hydroxylation is 2. The van der Waals surface area contributed by atoms with E-state index in [0.29, 0.717) is 6.54 Å². The molecule has 108 valence electrons. The number of carbonyl (C=O) groups is 2. The van der Waals surface area contributed by atoms with Gasteiger partial charge in [-0.3, -0.25) is 9.59 Å². The summed E-state index contributed by atoms with van der Waals surface area (Å²) in [6, 6.07) is 5.85. The molecule has 0 saturated carbocycles. The highest BCUT2D eigenvalue weighted by Crippen LogP contribution is 2.19. The molecule has 0 aromatic heterocycles. The summed E-state index contributed by atoms with van der Waals surface area (Å²) in [5, 5.41) is 8.68. The van der Waals surface area contributed by atoms with Crippen LogP contribution in [0.1, 0.15) is 17.5 Å². The molecule has 5 heteroatoms. The van der Waals surface area contributed by atoms with Crippen LogP contribution in [0.4, 0.5) is 5.69 Å². The van der Waals surface area contributed by atoms with Crippen LogP contribution in [0.15, 0.2) is 18.2 Å². The van der Waals surface area contributed by atoms with Crippen molar-refractivity contribution in [2.75, 3.05) is 25.0 Å². The zero-order valence-electron chi connectivity index (χ0n) is 12.0. The van der Waals surface area contributed by atoms with E-state index in [1.807, 2.05) is 32.0 Å². The van der Waals surface area contributed by atoms with E-state index in [0.717, 1.165) is 29.8 Å². The Bertz CT molecular complexity index is 488. The predicted molar refractivity (Wildman–Crippen MR) is 78.5 cm³/mol. The number of hydrogen-bond acceptors (Lipinski definition) is 3. The van der Waals surface area contributed by atoms with Crippen molar-refractivity contribution in [3.63, 3.8) is 0 Å². The first-order valence-electron chi connectivity index (χ1n) is 6.92. The second kappa shape index (κ2) is 6.52. The summed E-state index contributed by atoms with van der Waals surface area (Å²) >= 11 is 0. The molecule has 1 aliphatic heterocycles. The monoisotopic (exact) mass is 275 g/mol. The third-order valence-electron chi connectivity index (χ3n) is 3.60. The van der Waals surface area contributed by atoms with Crippen LogP contribution < -0.4 is 16.0 Å². The Kier molecular flexibility index (Phi) is 4.74. The first-order valence-corrected chi connectivity index (χ1v) is 6.92. The third kappa shape index (κ3) is 3.57. The summed E-state index contributed by atoms with van der Waals surface area (Å²) < 4.78 is 0.